The lowest BCUT2D eigenvalue weighted by Crippen LogP contribution is -2.29. The van der Waals surface area contributed by atoms with E-state index >= 15 is 0 Å². The number of aromatic nitrogens is 6. The highest BCUT2D eigenvalue weighted by Gasteiger charge is 2.17. The van der Waals surface area contributed by atoms with E-state index in [0.717, 1.165) is 28.1 Å². The van der Waals surface area contributed by atoms with Crippen molar-refractivity contribution in [2.45, 2.75) is 19.9 Å². The van der Waals surface area contributed by atoms with Gasteiger partial charge in [0.1, 0.15) is 6.33 Å². The molecule has 0 aliphatic carbocycles. The molecule has 0 spiro atoms. The van der Waals surface area contributed by atoms with E-state index in [1.165, 1.54) is 4.57 Å². The second-order valence-corrected chi connectivity index (χ2v) is 7.85. The van der Waals surface area contributed by atoms with E-state index in [1.807, 2.05) is 61.5 Å². The molecule has 8 heteroatoms. The zero-order valence-corrected chi connectivity index (χ0v) is 18.6. The lowest BCUT2D eigenvalue weighted by atomic mass is 10.0. The summed E-state index contributed by atoms with van der Waals surface area (Å²) in [7, 11) is 0. The van der Waals surface area contributed by atoms with Crippen LogP contribution in [0.25, 0.3) is 16.8 Å². The Morgan fingerprint density at radius 3 is 2.35 bits per heavy atom. The maximum absolute atomic E-state index is 13.1. The average molecular weight is 451 g/mol. The standard InChI is InChI=1S/C26H22N6O2/c1-2-22-17-31(25(33)21-8-4-3-5-9-21)26(34)30(22)16-19-12-14-20(15-13-19)23-10-6-7-11-24(23)32-18-27-28-29-32/h3-15,17-18H,2,16H2,1H3. The van der Waals surface area contributed by atoms with E-state index in [1.54, 1.807) is 46.0 Å². The van der Waals surface area contributed by atoms with E-state index in [0.29, 0.717) is 18.5 Å². The van der Waals surface area contributed by atoms with Crippen LogP contribution in [-0.4, -0.2) is 35.2 Å². The Labute approximate surface area is 195 Å². The highest BCUT2D eigenvalue weighted by molar-refractivity contribution is 5.95. The Balaban J connectivity index is 1.44. The first-order valence-electron chi connectivity index (χ1n) is 11.0. The fourth-order valence-electron chi connectivity index (χ4n) is 4.00. The molecule has 0 aliphatic rings. The number of carbonyl (C=O) groups excluding carboxylic acids is 1. The van der Waals surface area contributed by atoms with Gasteiger partial charge in [-0.05, 0) is 46.2 Å². The molecule has 168 valence electrons. The highest BCUT2D eigenvalue weighted by atomic mass is 16.2. The van der Waals surface area contributed by atoms with Crippen molar-refractivity contribution in [3.05, 3.63) is 119 Å². The molecule has 0 atom stereocenters. The minimum atomic E-state index is -0.334. The Bertz CT molecular complexity index is 1480. The zero-order chi connectivity index (χ0) is 23.5. The van der Waals surface area contributed by atoms with Crippen LogP contribution in [-0.2, 0) is 13.0 Å². The van der Waals surface area contributed by atoms with Gasteiger partial charge in [0.25, 0.3) is 5.91 Å². The van der Waals surface area contributed by atoms with Crippen LogP contribution >= 0.6 is 0 Å². The molecule has 0 N–H and O–H groups in total. The third kappa shape index (κ3) is 3.97. The summed E-state index contributed by atoms with van der Waals surface area (Å²) in [5.74, 6) is -0.325. The molecule has 2 heterocycles. The molecule has 8 nitrogen and oxygen atoms in total. The van der Waals surface area contributed by atoms with E-state index in [4.69, 9.17) is 0 Å². The van der Waals surface area contributed by atoms with Crippen molar-refractivity contribution in [1.82, 2.24) is 29.3 Å². The van der Waals surface area contributed by atoms with Crippen LogP contribution in [0.4, 0.5) is 0 Å². The van der Waals surface area contributed by atoms with Gasteiger partial charge in [0.2, 0.25) is 0 Å². The first-order valence-corrected chi connectivity index (χ1v) is 11.0. The quantitative estimate of drug-likeness (QED) is 0.395. The van der Waals surface area contributed by atoms with Gasteiger partial charge in [-0.15, -0.1) is 5.10 Å². The van der Waals surface area contributed by atoms with Crippen molar-refractivity contribution < 1.29 is 4.79 Å². The Morgan fingerprint density at radius 1 is 0.912 bits per heavy atom. The molecule has 0 unspecified atom stereocenters. The van der Waals surface area contributed by atoms with Gasteiger partial charge in [0, 0.05) is 23.0 Å². The van der Waals surface area contributed by atoms with Crippen LogP contribution in [0.15, 0.2) is 96.2 Å². The second kappa shape index (κ2) is 9.11. The normalized spacial score (nSPS) is 11.0. The molecule has 0 fully saturated rings. The third-order valence-electron chi connectivity index (χ3n) is 5.77. The second-order valence-electron chi connectivity index (χ2n) is 7.85. The molecule has 0 aliphatic heterocycles. The van der Waals surface area contributed by atoms with Crippen molar-refractivity contribution in [3.8, 4) is 16.8 Å². The van der Waals surface area contributed by atoms with Gasteiger partial charge < -0.3 is 0 Å². The predicted molar refractivity (Wildman–Crippen MR) is 128 cm³/mol. The molecule has 0 radical (unpaired) electrons. The number of nitrogens with zero attached hydrogens (tertiary/aromatic N) is 6. The topological polar surface area (TPSA) is 87.6 Å². The molecule has 5 aromatic rings. The summed E-state index contributed by atoms with van der Waals surface area (Å²) in [4.78, 5) is 26.0. The van der Waals surface area contributed by atoms with E-state index in [2.05, 4.69) is 15.5 Å². The van der Waals surface area contributed by atoms with Crippen LogP contribution in [0.5, 0.6) is 0 Å². The van der Waals surface area contributed by atoms with Crippen LogP contribution < -0.4 is 5.69 Å². The first-order chi connectivity index (χ1) is 16.7. The number of benzene rings is 3. The van der Waals surface area contributed by atoms with Gasteiger partial charge in [-0.1, -0.05) is 67.6 Å². The lowest BCUT2D eigenvalue weighted by molar-refractivity contribution is 0.0955. The molecule has 0 amide bonds. The number of imidazole rings is 1. The van der Waals surface area contributed by atoms with Crippen molar-refractivity contribution in [1.29, 1.82) is 0 Å². The number of aryl methyl sites for hydroxylation is 1. The van der Waals surface area contributed by atoms with Gasteiger partial charge in [-0.2, -0.15) is 4.68 Å². The van der Waals surface area contributed by atoms with Crippen LogP contribution in [0.1, 0.15) is 28.5 Å². The number of tetrazole rings is 1. The first kappa shape index (κ1) is 21.3. The van der Waals surface area contributed by atoms with Gasteiger partial charge in [-0.3, -0.25) is 9.36 Å². The molecule has 0 saturated carbocycles. The molecule has 0 saturated heterocycles. The van der Waals surface area contributed by atoms with Gasteiger partial charge in [-0.25, -0.2) is 9.36 Å². The highest BCUT2D eigenvalue weighted by Crippen LogP contribution is 2.26. The molecule has 2 aromatic heterocycles. The summed E-state index contributed by atoms with van der Waals surface area (Å²) in [6, 6.07) is 24.7. The molecule has 3 aromatic carbocycles. The van der Waals surface area contributed by atoms with Gasteiger partial charge in [0.15, 0.2) is 0 Å². The Kier molecular flexibility index (Phi) is 5.70. The van der Waals surface area contributed by atoms with E-state index in [9.17, 15) is 9.59 Å². The van der Waals surface area contributed by atoms with Gasteiger partial charge >= 0.3 is 5.69 Å². The number of carbonyl (C=O) groups is 1. The van der Waals surface area contributed by atoms with Gasteiger partial charge in [0.05, 0.1) is 12.2 Å². The molecular formula is C26H22N6O2. The molecule has 5 rings (SSSR count). The summed E-state index contributed by atoms with van der Waals surface area (Å²) in [5, 5.41) is 11.5. The predicted octanol–water partition coefficient (Wildman–Crippen LogP) is 3.59. The van der Waals surface area contributed by atoms with E-state index < -0.39 is 0 Å². The van der Waals surface area contributed by atoms with Crippen LogP contribution in [0.3, 0.4) is 0 Å². The summed E-state index contributed by atoms with van der Waals surface area (Å²) >= 11 is 0. The number of rotatable bonds is 6. The monoisotopic (exact) mass is 450 g/mol. The smallest absolute Gasteiger partial charge is 0.292 e. The Morgan fingerprint density at radius 2 is 1.65 bits per heavy atom. The fourth-order valence-corrected chi connectivity index (χ4v) is 4.00. The largest absolute Gasteiger partial charge is 0.335 e. The van der Waals surface area contributed by atoms with Crippen LogP contribution in [0, 0.1) is 0 Å². The number of hydrogen-bond acceptors (Lipinski definition) is 5. The minimum Gasteiger partial charge on any atom is -0.292 e. The fraction of sp³-hybridized carbons (Fsp3) is 0.115. The number of hydrogen-bond donors (Lipinski definition) is 0. The summed E-state index contributed by atoms with van der Waals surface area (Å²) in [6.07, 6.45) is 3.85. The lowest BCUT2D eigenvalue weighted by Gasteiger charge is -2.10. The maximum Gasteiger partial charge on any atom is 0.335 e. The zero-order valence-electron chi connectivity index (χ0n) is 18.6. The Hall–Kier alpha value is -4.59. The van der Waals surface area contributed by atoms with Crippen molar-refractivity contribution >= 4 is 5.91 Å². The van der Waals surface area contributed by atoms with Crippen molar-refractivity contribution in [2.24, 2.45) is 0 Å². The number of para-hydroxylation sites is 1. The molecule has 0 bridgehead atoms. The SMILES string of the molecule is CCc1cn(C(=O)c2ccccc2)c(=O)n1Cc1ccc(-c2ccccc2-n2cnnn2)cc1. The van der Waals surface area contributed by atoms with Crippen molar-refractivity contribution in [2.75, 3.05) is 0 Å². The summed E-state index contributed by atoms with van der Waals surface area (Å²) < 4.78 is 4.48. The molecule has 34 heavy (non-hydrogen) atoms. The maximum atomic E-state index is 13.1. The summed E-state index contributed by atoms with van der Waals surface area (Å²) in [5.41, 5.74) is 4.80. The average Bonchev–Trinajstić information content (AvgIpc) is 3.53. The third-order valence-corrected chi connectivity index (χ3v) is 5.77. The van der Waals surface area contributed by atoms with Crippen LogP contribution in [0.2, 0.25) is 0 Å². The van der Waals surface area contributed by atoms with E-state index in [-0.39, 0.29) is 11.6 Å². The van der Waals surface area contributed by atoms with Crippen molar-refractivity contribution in [3.63, 3.8) is 0 Å². The molecular weight excluding hydrogens is 428 g/mol. The minimum absolute atomic E-state index is 0.325. The summed E-state index contributed by atoms with van der Waals surface area (Å²) in [6.45, 7) is 2.35.